The predicted octanol–water partition coefficient (Wildman–Crippen LogP) is 4.10. The monoisotopic (exact) mass is 369 g/mol. The summed E-state index contributed by atoms with van der Waals surface area (Å²) in [6.07, 6.45) is 0.305. The Balaban J connectivity index is 1.88. The molecule has 2 rings (SSSR count). The van der Waals surface area contributed by atoms with Crippen LogP contribution < -0.4 is 5.32 Å². The van der Waals surface area contributed by atoms with Crippen LogP contribution >= 0.6 is 27.5 Å². The second-order valence-corrected chi connectivity index (χ2v) is 6.15. The van der Waals surface area contributed by atoms with Gasteiger partial charge in [-0.15, -0.1) is 0 Å². The third kappa shape index (κ3) is 4.83. The van der Waals surface area contributed by atoms with Gasteiger partial charge in [-0.3, -0.25) is 4.79 Å². The molecule has 1 amide bonds. The minimum Gasteiger partial charge on any atom is -0.351 e. The van der Waals surface area contributed by atoms with Gasteiger partial charge in [0.15, 0.2) is 0 Å². The number of hydrogen-bond donors (Lipinski definition) is 1. The molecular weight excluding hydrogens is 357 g/mol. The van der Waals surface area contributed by atoms with Gasteiger partial charge in [0.1, 0.15) is 5.82 Å². The fourth-order valence-electron chi connectivity index (χ4n) is 1.85. The van der Waals surface area contributed by atoms with E-state index in [1.54, 1.807) is 30.3 Å². The van der Waals surface area contributed by atoms with Gasteiger partial charge < -0.3 is 5.32 Å². The van der Waals surface area contributed by atoms with E-state index in [1.807, 2.05) is 12.1 Å². The number of carbonyl (C=O) groups excluding carboxylic acids is 1. The Morgan fingerprint density at radius 1 is 1.19 bits per heavy atom. The van der Waals surface area contributed by atoms with Gasteiger partial charge in [0, 0.05) is 11.6 Å². The summed E-state index contributed by atoms with van der Waals surface area (Å²) in [6.45, 7) is 0.412. The standard InChI is InChI=1S/C16H14BrClFNO/c17-14(9-12-3-1-2-4-15(12)19)16(21)20-10-11-5-7-13(18)8-6-11/h1-8,14H,9-10H2,(H,20,21). The molecule has 0 saturated heterocycles. The largest absolute Gasteiger partial charge is 0.351 e. The Morgan fingerprint density at radius 3 is 2.52 bits per heavy atom. The Bertz CT molecular complexity index is 618. The molecule has 5 heteroatoms. The minimum atomic E-state index is -0.471. The van der Waals surface area contributed by atoms with Gasteiger partial charge in [-0.25, -0.2) is 4.39 Å². The number of carbonyl (C=O) groups is 1. The van der Waals surface area contributed by atoms with Crippen molar-refractivity contribution in [2.24, 2.45) is 0 Å². The fraction of sp³-hybridized carbons (Fsp3) is 0.188. The summed E-state index contributed by atoms with van der Waals surface area (Å²) < 4.78 is 13.5. The first-order valence-electron chi connectivity index (χ1n) is 6.46. The maximum Gasteiger partial charge on any atom is 0.234 e. The van der Waals surface area contributed by atoms with Crippen molar-refractivity contribution in [3.63, 3.8) is 0 Å². The molecule has 2 aromatic carbocycles. The summed E-state index contributed by atoms with van der Waals surface area (Å²) in [5.74, 6) is -0.472. The lowest BCUT2D eigenvalue weighted by molar-refractivity contribution is -0.120. The van der Waals surface area contributed by atoms with E-state index in [2.05, 4.69) is 21.2 Å². The Hall–Kier alpha value is -1.39. The van der Waals surface area contributed by atoms with Crippen molar-refractivity contribution >= 4 is 33.4 Å². The zero-order valence-corrected chi connectivity index (χ0v) is 13.5. The van der Waals surface area contributed by atoms with Crippen LogP contribution in [0.5, 0.6) is 0 Å². The Morgan fingerprint density at radius 2 is 1.86 bits per heavy atom. The van der Waals surface area contributed by atoms with Crippen LogP contribution in [0.4, 0.5) is 4.39 Å². The number of halogens is 3. The van der Waals surface area contributed by atoms with E-state index in [0.29, 0.717) is 23.6 Å². The van der Waals surface area contributed by atoms with Crippen LogP contribution in [-0.4, -0.2) is 10.7 Å². The number of rotatable bonds is 5. The highest BCUT2D eigenvalue weighted by Crippen LogP contribution is 2.14. The topological polar surface area (TPSA) is 29.1 Å². The molecule has 1 N–H and O–H groups in total. The van der Waals surface area contributed by atoms with Gasteiger partial charge in [0.2, 0.25) is 5.91 Å². The third-order valence-electron chi connectivity index (χ3n) is 3.02. The van der Waals surface area contributed by atoms with E-state index in [4.69, 9.17) is 11.6 Å². The molecule has 0 aromatic heterocycles. The molecule has 0 bridgehead atoms. The van der Waals surface area contributed by atoms with E-state index >= 15 is 0 Å². The zero-order chi connectivity index (χ0) is 15.2. The van der Waals surface area contributed by atoms with Gasteiger partial charge in [0.05, 0.1) is 4.83 Å². The van der Waals surface area contributed by atoms with E-state index in [-0.39, 0.29) is 11.7 Å². The first-order valence-corrected chi connectivity index (χ1v) is 7.75. The summed E-state index contributed by atoms with van der Waals surface area (Å²) >= 11 is 9.10. The lowest BCUT2D eigenvalue weighted by Gasteiger charge is -2.11. The quantitative estimate of drug-likeness (QED) is 0.789. The molecule has 0 saturated carbocycles. The molecule has 0 heterocycles. The smallest absolute Gasteiger partial charge is 0.234 e. The number of alkyl halides is 1. The van der Waals surface area contributed by atoms with E-state index < -0.39 is 4.83 Å². The van der Waals surface area contributed by atoms with Crippen LogP contribution in [0.25, 0.3) is 0 Å². The highest BCUT2D eigenvalue weighted by molar-refractivity contribution is 9.10. The first-order chi connectivity index (χ1) is 10.1. The lowest BCUT2D eigenvalue weighted by Crippen LogP contribution is -2.32. The highest BCUT2D eigenvalue weighted by atomic mass is 79.9. The second kappa shape index (κ2) is 7.57. The molecule has 110 valence electrons. The molecule has 2 aromatic rings. The number of benzene rings is 2. The predicted molar refractivity (Wildman–Crippen MR) is 86.1 cm³/mol. The van der Waals surface area contributed by atoms with Crippen LogP contribution in [-0.2, 0) is 17.8 Å². The van der Waals surface area contributed by atoms with Gasteiger partial charge in [-0.1, -0.05) is 57.9 Å². The van der Waals surface area contributed by atoms with Gasteiger partial charge in [-0.2, -0.15) is 0 Å². The molecule has 0 aliphatic rings. The summed E-state index contributed by atoms with van der Waals surface area (Å²) in [7, 11) is 0. The molecular formula is C16H14BrClFNO. The van der Waals surface area contributed by atoms with Gasteiger partial charge in [-0.05, 0) is 35.7 Å². The average Bonchev–Trinajstić information content (AvgIpc) is 2.48. The van der Waals surface area contributed by atoms with Crippen molar-refractivity contribution < 1.29 is 9.18 Å². The van der Waals surface area contributed by atoms with Crippen molar-refractivity contribution in [2.45, 2.75) is 17.8 Å². The first kappa shape index (κ1) is 16.0. The van der Waals surface area contributed by atoms with E-state index in [9.17, 15) is 9.18 Å². The zero-order valence-electron chi connectivity index (χ0n) is 11.2. The average molecular weight is 371 g/mol. The molecule has 0 aliphatic heterocycles. The fourth-order valence-corrected chi connectivity index (χ4v) is 2.49. The van der Waals surface area contributed by atoms with Gasteiger partial charge >= 0.3 is 0 Å². The van der Waals surface area contributed by atoms with Crippen molar-refractivity contribution in [1.82, 2.24) is 5.32 Å². The maximum absolute atomic E-state index is 13.5. The molecule has 1 unspecified atom stereocenters. The maximum atomic E-state index is 13.5. The lowest BCUT2D eigenvalue weighted by atomic mass is 10.1. The van der Waals surface area contributed by atoms with Crippen LogP contribution in [0.15, 0.2) is 48.5 Å². The molecule has 1 atom stereocenters. The molecule has 21 heavy (non-hydrogen) atoms. The van der Waals surface area contributed by atoms with Crippen LogP contribution in [0, 0.1) is 5.82 Å². The highest BCUT2D eigenvalue weighted by Gasteiger charge is 2.16. The molecule has 2 nitrogen and oxygen atoms in total. The SMILES string of the molecule is O=C(NCc1ccc(Cl)cc1)C(Br)Cc1ccccc1F. The van der Waals surface area contributed by atoms with Crippen molar-refractivity contribution in [3.05, 3.63) is 70.5 Å². The number of hydrogen-bond acceptors (Lipinski definition) is 1. The van der Waals surface area contributed by atoms with Crippen molar-refractivity contribution in [2.75, 3.05) is 0 Å². The minimum absolute atomic E-state index is 0.173. The van der Waals surface area contributed by atoms with E-state index in [0.717, 1.165) is 5.56 Å². The van der Waals surface area contributed by atoms with E-state index in [1.165, 1.54) is 6.07 Å². The second-order valence-electron chi connectivity index (χ2n) is 4.61. The summed E-state index contributed by atoms with van der Waals surface area (Å²) in [4.78, 5) is 11.5. The van der Waals surface area contributed by atoms with Crippen LogP contribution in [0.1, 0.15) is 11.1 Å². The Kier molecular flexibility index (Phi) is 5.76. The Labute approximate surface area is 136 Å². The van der Waals surface area contributed by atoms with Crippen molar-refractivity contribution in [1.29, 1.82) is 0 Å². The molecule has 0 fully saturated rings. The normalized spacial score (nSPS) is 12.0. The number of amides is 1. The van der Waals surface area contributed by atoms with Crippen molar-refractivity contribution in [3.8, 4) is 0 Å². The molecule has 0 radical (unpaired) electrons. The summed E-state index contributed by atoms with van der Waals surface area (Å²) in [5, 5.41) is 3.46. The van der Waals surface area contributed by atoms with Gasteiger partial charge in [0.25, 0.3) is 0 Å². The summed E-state index contributed by atoms with van der Waals surface area (Å²) in [6, 6.07) is 13.7. The summed E-state index contributed by atoms with van der Waals surface area (Å²) in [5.41, 5.74) is 1.47. The third-order valence-corrected chi connectivity index (χ3v) is 4.01. The van der Waals surface area contributed by atoms with Crippen LogP contribution in [0.3, 0.4) is 0 Å². The molecule has 0 aliphatic carbocycles. The molecule has 0 spiro atoms. The van der Waals surface area contributed by atoms with Crippen LogP contribution in [0.2, 0.25) is 5.02 Å². The number of nitrogens with one attached hydrogen (secondary N) is 1.